The fourth-order valence-electron chi connectivity index (χ4n) is 2.18. The van der Waals surface area contributed by atoms with E-state index < -0.39 is 12.1 Å². The van der Waals surface area contributed by atoms with Crippen molar-refractivity contribution in [3.05, 3.63) is 30.6 Å². The molecular weight excluding hydrogens is 291 g/mol. The van der Waals surface area contributed by atoms with Crippen LogP contribution in [-0.4, -0.2) is 27.0 Å². The number of alkyl halides is 1. The van der Waals surface area contributed by atoms with E-state index in [1.54, 1.807) is 12.4 Å². The first-order chi connectivity index (χ1) is 10.2. The molecule has 0 saturated heterocycles. The molecule has 2 aromatic heterocycles. The number of fused-ring (bicyclic) bond motifs is 1. The molecule has 2 unspecified atom stereocenters. The number of hydrogen-bond donors (Lipinski definition) is 2. The maximum Gasteiger partial charge on any atom is 0.232 e. The number of hydrogen-bond acceptors (Lipinski definition) is 4. The largest absolute Gasteiger partial charge is 0.345 e. The predicted octanol–water partition coefficient (Wildman–Crippen LogP) is 2.98. The number of aromatic nitrogens is 3. The van der Waals surface area contributed by atoms with Gasteiger partial charge in [0.05, 0.1) is 16.1 Å². The van der Waals surface area contributed by atoms with E-state index in [1.807, 2.05) is 18.2 Å². The Kier molecular flexibility index (Phi) is 2.75. The van der Waals surface area contributed by atoms with Crippen LogP contribution >= 0.6 is 11.3 Å². The molecular formula is C14H11FN4OS. The summed E-state index contributed by atoms with van der Waals surface area (Å²) in [5, 5.41) is 3.19. The molecule has 0 radical (unpaired) electrons. The van der Waals surface area contributed by atoms with E-state index in [0.717, 1.165) is 21.6 Å². The Morgan fingerprint density at radius 1 is 1.48 bits per heavy atom. The minimum absolute atomic E-state index is 0.284. The molecule has 2 atom stereocenters. The van der Waals surface area contributed by atoms with Gasteiger partial charge in [0.2, 0.25) is 5.91 Å². The molecule has 4 rings (SSSR count). The smallest absolute Gasteiger partial charge is 0.232 e. The molecule has 7 heteroatoms. The number of nitrogens with one attached hydrogen (secondary N) is 2. The van der Waals surface area contributed by atoms with Gasteiger partial charge in [-0.25, -0.2) is 14.4 Å². The molecule has 0 bridgehead atoms. The topological polar surface area (TPSA) is 70.7 Å². The van der Waals surface area contributed by atoms with Gasteiger partial charge in [-0.1, -0.05) is 11.3 Å². The summed E-state index contributed by atoms with van der Waals surface area (Å²) < 4.78 is 13.8. The molecule has 106 valence electrons. The molecule has 2 heterocycles. The second kappa shape index (κ2) is 4.63. The molecule has 5 nitrogen and oxygen atoms in total. The molecule has 1 fully saturated rings. The van der Waals surface area contributed by atoms with Crippen LogP contribution in [-0.2, 0) is 4.79 Å². The van der Waals surface area contributed by atoms with Crippen molar-refractivity contribution in [3.63, 3.8) is 0 Å². The number of H-pyrrole nitrogens is 1. The summed E-state index contributed by atoms with van der Waals surface area (Å²) in [6, 6.07) is 5.77. The van der Waals surface area contributed by atoms with E-state index >= 15 is 0 Å². The highest BCUT2D eigenvalue weighted by Crippen LogP contribution is 2.36. The summed E-state index contributed by atoms with van der Waals surface area (Å²) in [6.45, 7) is 0. The molecule has 21 heavy (non-hydrogen) atoms. The van der Waals surface area contributed by atoms with Crippen molar-refractivity contribution >= 4 is 32.6 Å². The normalized spacial score (nSPS) is 20.6. The van der Waals surface area contributed by atoms with Crippen LogP contribution in [0.4, 0.5) is 9.52 Å². The summed E-state index contributed by atoms with van der Waals surface area (Å²) in [4.78, 5) is 23.3. The van der Waals surface area contributed by atoms with Crippen molar-refractivity contribution in [1.82, 2.24) is 15.0 Å². The third kappa shape index (κ3) is 2.29. The Balaban J connectivity index is 1.62. The van der Waals surface area contributed by atoms with Crippen molar-refractivity contribution in [2.45, 2.75) is 12.6 Å². The molecule has 1 aliphatic rings. The third-order valence-electron chi connectivity index (χ3n) is 3.44. The first-order valence-electron chi connectivity index (χ1n) is 6.56. The monoisotopic (exact) mass is 302 g/mol. The van der Waals surface area contributed by atoms with E-state index in [1.165, 1.54) is 11.3 Å². The van der Waals surface area contributed by atoms with Gasteiger partial charge in [0, 0.05) is 18.0 Å². The average Bonchev–Trinajstić information content (AvgIpc) is 2.92. The van der Waals surface area contributed by atoms with Crippen molar-refractivity contribution in [1.29, 1.82) is 0 Å². The second-order valence-corrected chi connectivity index (χ2v) is 6.02. The lowest BCUT2D eigenvalue weighted by molar-refractivity contribution is -0.117. The van der Waals surface area contributed by atoms with Crippen molar-refractivity contribution in [2.24, 2.45) is 5.92 Å². The SMILES string of the molecule is O=C(Nc1nc2ccc(-c3ncc[nH]3)cc2s1)C1CC1F. The van der Waals surface area contributed by atoms with E-state index in [0.29, 0.717) is 11.6 Å². The summed E-state index contributed by atoms with van der Waals surface area (Å²) in [6.07, 6.45) is 2.78. The highest BCUT2D eigenvalue weighted by Gasteiger charge is 2.43. The minimum atomic E-state index is -0.995. The zero-order chi connectivity index (χ0) is 14.4. The number of amides is 1. The Morgan fingerprint density at radius 2 is 2.33 bits per heavy atom. The minimum Gasteiger partial charge on any atom is -0.345 e. The van der Waals surface area contributed by atoms with Crippen LogP contribution < -0.4 is 5.32 Å². The van der Waals surface area contributed by atoms with Gasteiger partial charge in [-0.3, -0.25) is 4.79 Å². The highest BCUT2D eigenvalue weighted by molar-refractivity contribution is 7.22. The van der Waals surface area contributed by atoms with E-state index in [2.05, 4.69) is 20.3 Å². The third-order valence-corrected chi connectivity index (χ3v) is 4.37. The van der Waals surface area contributed by atoms with Gasteiger partial charge in [-0.15, -0.1) is 0 Å². The Labute approximate surface area is 123 Å². The van der Waals surface area contributed by atoms with Gasteiger partial charge in [0.15, 0.2) is 5.13 Å². The quantitative estimate of drug-likeness (QED) is 0.781. The van der Waals surface area contributed by atoms with E-state index in [9.17, 15) is 9.18 Å². The number of rotatable bonds is 3. The first kappa shape index (κ1) is 12.5. The molecule has 1 amide bonds. The predicted molar refractivity (Wildman–Crippen MR) is 78.8 cm³/mol. The molecule has 2 N–H and O–H groups in total. The number of thiazole rings is 1. The lowest BCUT2D eigenvalue weighted by Gasteiger charge is -1.97. The lowest BCUT2D eigenvalue weighted by atomic mass is 10.2. The molecule has 0 spiro atoms. The van der Waals surface area contributed by atoms with Crippen molar-refractivity contribution < 1.29 is 9.18 Å². The number of benzene rings is 1. The molecule has 0 aliphatic heterocycles. The Morgan fingerprint density at radius 3 is 3.05 bits per heavy atom. The summed E-state index contributed by atoms with van der Waals surface area (Å²) in [5.41, 5.74) is 1.76. The van der Waals surface area contributed by atoms with Crippen LogP contribution in [0.5, 0.6) is 0 Å². The standard InChI is InChI=1S/C14H11FN4OS/c15-9-6-8(9)13(20)19-14-18-10-2-1-7(5-11(10)21-14)12-16-3-4-17-12/h1-5,8-9H,6H2,(H,16,17)(H,18,19,20). The lowest BCUT2D eigenvalue weighted by Crippen LogP contribution is -2.14. The zero-order valence-corrected chi connectivity index (χ0v) is 11.7. The number of imidazole rings is 1. The van der Waals surface area contributed by atoms with Crippen LogP contribution in [0.1, 0.15) is 6.42 Å². The Bertz CT molecular complexity index is 814. The van der Waals surface area contributed by atoms with Crippen LogP contribution in [0.15, 0.2) is 30.6 Å². The number of carbonyl (C=O) groups is 1. The number of nitrogens with zero attached hydrogens (tertiary/aromatic N) is 2. The number of carbonyl (C=O) groups excluding carboxylic acids is 1. The fourth-order valence-corrected chi connectivity index (χ4v) is 3.09. The second-order valence-electron chi connectivity index (χ2n) is 4.99. The number of anilines is 1. The molecule has 1 saturated carbocycles. The maximum absolute atomic E-state index is 12.9. The van der Waals surface area contributed by atoms with Crippen LogP contribution in [0.2, 0.25) is 0 Å². The van der Waals surface area contributed by atoms with Crippen LogP contribution in [0.25, 0.3) is 21.6 Å². The molecule has 1 aliphatic carbocycles. The van der Waals surface area contributed by atoms with Gasteiger partial charge in [0.1, 0.15) is 12.0 Å². The molecule has 3 aromatic rings. The van der Waals surface area contributed by atoms with Gasteiger partial charge in [-0.05, 0) is 24.6 Å². The van der Waals surface area contributed by atoms with Gasteiger partial charge < -0.3 is 10.3 Å². The van der Waals surface area contributed by atoms with Gasteiger partial charge >= 0.3 is 0 Å². The van der Waals surface area contributed by atoms with Gasteiger partial charge in [0.25, 0.3) is 0 Å². The molecule has 1 aromatic carbocycles. The van der Waals surface area contributed by atoms with Crippen LogP contribution in [0.3, 0.4) is 0 Å². The zero-order valence-electron chi connectivity index (χ0n) is 10.8. The number of halogens is 1. The average molecular weight is 302 g/mol. The summed E-state index contributed by atoms with van der Waals surface area (Å²) >= 11 is 1.38. The summed E-state index contributed by atoms with van der Waals surface area (Å²) in [5.74, 6) is -0.00218. The van der Waals surface area contributed by atoms with Gasteiger partial charge in [-0.2, -0.15) is 0 Å². The van der Waals surface area contributed by atoms with Crippen LogP contribution in [0, 0.1) is 5.92 Å². The Hall–Kier alpha value is -2.28. The highest BCUT2D eigenvalue weighted by atomic mass is 32.1. The fraction of sp³-hybridized carbons (Fsp3) is 0.214. The van der Waals surface area contributed by atoms with E-state index in [4.69, 9.17) is 0 Å². The maximum atomic E-state index is 12.9. The first-order valence-corrected chi connectivity index (χ1v) is 7.37. The van der Waals surface area contributed by atoms with Crippen molar-refractivity contribution in [3.8, 4) is 11.4 Å². The van der Waals surface area contributed by atoms with Crippen molar-refractivity contribution in [2.75, 3.05) is 5.32 Å². The van der Waals surface area contributed by atoms with E-state index in [-0.39, 0.29) is 5.91 Å². The number of aromatic amines is 1. The summed E-state index contributed by atoms with van der Waals surface area (Å²) in [7, 11) is 0.